The molecule has 0 spiro atoms. The molecule has 2 unspecified atom stereocenters. The van der Waals surface area contributed by atoms with Gasteiger partial charge in [-0.15, -0.1) is 0 Å². The smallest absolute Gasteiger partial charge is 0.410 e. The van der Waals surface area contributed by atoms with Crippen LogP contribution in [0.1, 0.15) is 59.3 Å². The van der Waals surface area contributed by atoms with Crippen molar-refractivity contribution in [2.75, 3.05) is 37.7 Å². The van der Waals surface area contributed by atoms with Crippen LogP contribution in [0.5, 0.6) is 11.8 Å². The minimum atomic E-state index is -0.594. The van der Waals surface area contributed by atoms with Gasteiger partial charge in [0.15, 0.2) is 5.82 Å². The topological polar surface area (TPSA) is 104 Å². The number of amides is 1. The molecule has 4 aliphatic rings. The summed E-state index contributed by atoms with van der Waals surface area (Å²) in [5.41, 5.74) is 0.0955. The molecule has 1 N–H and O–H groups in total. The van der Waals surface area contributed by atoms with Crippen molar-refractivity contribution in [2.45, 2.75) is 82.5 Å². The number of aromatic nitrogens is 3. The summed E-state index contributed by atoms with van der Waals surface area (Å²) >= 11 is 0. The normalized spacial score (nSPS) is 22.3. The fourth-order valence-electron chi connectivity index (χ4n) is 8.35. The summed E-state index contributed by atoms with van der Waals surface area (Å²) in [4.78, 5) is 33.9. The Morgan fingerprint density at radius 1 is 1.04 bits per heavy atom. The summed E-state index contributed by atoms with van der Waals surface area (Å²) in [5.74, 6) is -0.0111. The van der Waals surface area contributed by atoms with Crippen LogP contribution in [-0.2, 0) is 4.74 Å². The van der Waals surface area contributed by atoms with Gasteiger partial charge in [0.1, 0.15) is 35.0 Å². The van der Waals surface area contributed by atoms with Crippen LogP contribution in [0.4, 0.5) is 15.0 Å². The molecule has 2 bridgehead atoms. The van der Waals surface area contributed by atoms with Crippen LogP contribution in [0, 0.1) is 5.82 Å². The van der Waals surface area contributed by atoms with E-state index in [1.165, 1.54) is 0 Å². The van der Waals surface area contributed by atoms with Crippen molar-refractivity contribution in [1.82, 2.24) is 24.8 Å². The number of piperazine rings is 1. The molecule has 11 heteroatoms. The van der Waals surface area contributed by atoms with E-state index in [0.717, 1.165) is 62.4 Å². The maximum Gasteiger partial charge on any atom is 0.410 e. The van der Waals surface area contributed by atoms with E-state index in [1.54, 1.807) is 18.3 Å². The highest BCUT2D eigenvalue weighted by molar-refractivity contribution is 6.00. The molecule has 4 aromatic rings. The zero-order valence-electron chi connectivity index (χ0n) is 27.2. The second-order valence-corrected chi connectivity index (χ2v) is 14.6. The molecule has 0 radical (unpaired) electrons. The molecule has 0 saturated carbocycles. The van der Waals surface area contributed by atoms with Crippen molar-refractivity contribution in [3.05, 3.63) is 48.4 Å². The van der Waals surface area contributed by atoms with Crippen molar-refractivity contribution in [3.63, 3.8) is 0 Å². The van der Waals surface area contributed by atoms with Crippen molar-refractivity contribution in [1.29, 1.82) is 0 Å². The summed E-state index contributed by atoms with van der Waals surface area (Å²) in [6.45, 7) is 9.28. The number of fused-ring (bicyclic) bond motifs is 5. The third kappa shape index (κ3) is 5.28. The number of hydrogen-bond donors (Lipinski definition) is 1. The van der Waals surface area contributed by atoms with Crippen LogP contribution in [0.2, 0.25) is 0 Å². The Bertz CT molecular complexity index is 1850. The van der Waals surface area contributed by atoms with E-state index in [-0.39, 0.29) is 46.7 Å². The van der Waals surface area contributed by atoms with Gasteiger partial charge >= 0.3 is 12.1 Å². The van der Waals surface area contributed by atoms with Gasteiger partial charge in [-0.25, -0.2) is 9.18 Å². The molecule has 10 nitrogen and oxygen atoms in total. The number of anilines is 1. The van der Waals surface area contributed by atoms with Crippen LogP contribution in [0.25, 0.3) is 32.9 Å². The Labute approximate surface area is 273 Å². The Morgan fingerprint density at radius 2 is 1.77 bits per heavy atom. The number of aromatic hydroxyl groups is 1. The standard InChI is InChI=1S/C36H41FN6O4/c1-35(2,3)47-34(45)43-23-10-11-24(43)20-41(19-23)32-28-18-38-30(27-17-25(44)16-22-8-4-5-9-26(22)27)29(37)31(28)39-33(40-32)46-21-36-12-6-14-42(36)15-7-13-36/h4-5,8-9,16-18,23-24,44H,6-7,10-15,19-21H2,1-3H3. The van der Waals surface area contributed by atoms with Crippen LogP contribution >= 0.6 is 0 Å². The van der Waals surface area contributed by atoms with Crippen molar-refractivity contribution < 1.29 is 23.8 Å². The van der Waals surface area contributed by atoms with Gasteiger partial charge in [-0.3, -0.25) is 14.8 Å². The van der Waals surface area contributed by atoms with Gasteiger partial charge in [0.05, 0.1) is 23.0 Å². The lowest BCUT2D eigenvalue weighted by atomic mass is 9.95. The molecule has 2 aromatic heterocycles. The van der Waals surface area contributed by atoms with Crippen LogP contribution in [0.15, 0.2) is 42.6 Å². The molecule has 4 aliphatic heterocycles. The summed E-state index contributed by atoms with van der Waals surface area (Å²) in [5, 5.41) is 12.6. The van der Waals surface area contributed by atoms with Gasteiger partial charge in [-0.1, -0.05) is 24.3 Å². The van der Waals surface area contributed by atoms with Gasteiger partial charge in [-0.2, -0.15) is 9.97 Å². The number of halogens is 1. The molecule has 8 rings (SSSR count). The first-order chi connectivity index (χ1) is 22.6. The molecule has 6 heterocycles. The van der Waals surface area contributed by atoms with Gasteiger partial charge in [0, 0.05) is 24.8 Å². The Morgan fingerprint density at radius 3 is 2.49 bits per heavy atom. The Balaban J connectivity index is 1.20. The minimum absolute atomic E-state index is 0.0287. The first kappa shape index (κ1) is 30.1. The summed E-state index contributed by atoms with van der Waals surface area (Å²) in [6.07, 6.45) is 7.45. The average molecular weight is 641 g/mol. The van der Waals surface area contributed by atoms with Gasteiger partial charge < -0.3 is 19.5 Å². The fraction of sp³-hybridized carbons (Fsp3) is 0.500. The van der Waals surface area contributed by atoms with Gasteiger partial charge in [0.25, 0.3) is 0 Å². The van der Waals surface area contributed by atoms with Crippen molar-refractivity contribution in [3.8, 4) is 23.0 Å². The highest BCUT2D eigenvalue weighted by Gasteiger charge is 2.46. The molecule has 1 amide bonds. The van der Waals surface area contributed by atoms with Crippen LogP contribution < -0.4 is 9.64 Å². The van der Waals surface area contributed by atoms with Crippen molar-refractivity contribution >= 4 is 33.6 Å². The zero-order chi connectivity index (χ0) is 32.5. The van der Waals surface area contributed by atoms with E-state index in [9.17, 15) is 9.90 Å². The van der Waals surface area contributed by atoms with E-state index in [1.807, 2.05) is 49.9 Å². The lowest BCUT2D eigenvalue weighted by Crippen LogP contribution is -2.57. The zero-order valence-corrected chi connectivity index (χ0v) is 27.2. The maximum atomic E-state index is 16.8. The molecule has 246 valence electrons. The number of carbonyl (C=O) groups is 1. The number of rotatable bonds is 5. The molecule has 0 aliphatic carbocycles. The second kappa shape index (κ2) is 11.2. The SMILES string of the molecule is CC(C)(C)OC(=O)N1C2CCC1CN(c1nc(OCC34CCCN3CCC4)nc3c(F)c(-c4cc(O)cc5ccccc45)ncc13)C2. The second-order valence-electron chi connectivity index (χ2n) is 14.6. The number of nitrogens with zero attached hydrogens (tertiary/aromatic N) is 6. The number of hydrogen-bond acceptors (Lipinski definition) is 9. The fourth-order valence-corrected chi connectivity index (χ4v) is 8.35. The minimum Gasteiger partial charge on any atom is -0.508 e. The molecule has 4 saturated heterocycles. The largest absolute Gasteiger partial charge is 0.508 e. The Kier molecular flexibility index (Phi) is 7.16. The lowest BCUT2D eigenvalue weighted by molar-refractivity contribution is 0.0122. The summed E-state index contributed by atoms with van der Waals surface area (Å²) in [7, 11) is 0. The van der Waals surface area contributed by atoms with Crippen molar-refractivity contribution in [2.24, 2.45) is 0 Å². The summed E-state index contributed by atoms with van der Waals surface area (Å²) in [6, 6.07) is 10.8. The lowest BCUT2D eigenvalue weighted by Gasteiger charge is -2.42. The number of benzene rings is 2. The number of pyridine rings is 1. The predicted octanol–water partition coefficient (Wildman–Crippen LogP) is 6.29. The predicted molar refractivity (Wildman–Crippen MR) is 177 cm³/mol. The first-order valence-electron chi connectivity index (χ1n) is 16.8. The maximum absolute atomic E-state index is 16.8. The molecule has 2 atom stereocenters. The van der Waals surface area contributed by atoms with Crippen LogP contribution in [0.3, 0.4) is 0 Å². The number of phenols is 1. The Hall–Kier alpha value is -4.25. The van der Waals surface area contributed by atoms with E-state index in [0.29, 0.717) is 36.5 Å². The highest BCUT2D eigenvalue weighted by Crippen LogP contribution is 2.41. The summed E-state index contributed by atoms with van der Waals surface area (Å²) < 4.78 is 29.0. The van der Waals surface area contributed by atoms with Gasteiger partial charge in [0.2, 0.25) is 0 Å². The van der Waals surface area contributed by atoms with E-state index >= 15 is 4.39 Å². The molecular weight excluding hydrogens is 599 g/mol. The molecular formula is C36H41FN6O4. The molecule has 47 heavy (non-hydrogen) atoms. The van der Waals surface area contributed by atoms with E-state index < -0.39 is 11.4 Å². The average Bonchev–Trinajstić information content (AvgIpc) is 3.69. The third-order valence-electron chi connectivity index (χ3n) is 10.4. The third-order valence-corrected chi connectivity index (χ3v) is 10.4. The first-order valence-corrected chi connectivity index (χ1v) is 16.8. The molecule has 2 aromatic carbocycles. The number of carbonyl (C=O) groups excluding carboxylic acids is 1. The molecule has 4 fully saturated rings. The van der Waals surface area contributed by atoms with E-state index in [4.69, 9.17) is 14.5 Å². The van der Waals surface area contributed by atoms with Gasteiger partial charge in [-0.05, 0) is 95.3 Å². The monoisotopic (exact) mass is 640 g/mol. The van der Waals surface area contributed by atoms with Crippen LogP contribution in [-0.4, -0.2) is 92.0 Å². The van der Waals surface area contributed by atoms with E-state index in [2.05, 4.69) is 19.8 Å². The number of phenolic OH excluding ortho intramolecular Hbond substituents is 1. The quantitative estimate of drug-likeness (QED) is 0.270. The highest BCUT2D eigenvalue weighted by atomic mass is 19.1. The number of ether oxygens (including phenoxy) is 2.